The molecular formula is C25H33F3N4O5S. The van der Waals surface area contributed by atoms with E-state index in [2.05, 4.69) is 10.3 Å². The van der Waals surface area contributed by atoms with Crippen LogP contribution in [0.5, 0.6) is 0 Å². The molecular weight excluding hydrogens is 525 g/mol. The van der Waals surface area contributed by atoms with Crippen LogP contribution in [0, 0.1) is 12.3 Å². The number of hydrogen-bond donors (Lipinski definition) is 4. The topological polar surface area (TPSA) is 146 Å². The third-order valence-electron chi connectivity index (χ3n) is 6.08. The maximum absolute atomic E-state index is 13.0. The molecule has 0 saturated carbocycles. The Kier molecular flexibility index (Phi) is 10.0. The number of halogens is 3. The standard InChI is InChI=1S/C23H32N4O3S.C2HF3O2/c1-13(15-6-8-16(9-7-15)19-14(2)25-12-31-19)26-21(29)18-10-17(28)11-27(18)22(30)20(24)23(3,4)5;3-2(4,5)1(6)7/h6-9,12-13,17-18,20,28H,10-11,24H2,1-5H3,(H,26,29);(H,6,7)/t13-,17-,18+,20+;/m0./s1. The molecule has 1 aromatic heterocycles. The van der Waals surface area contributed by atoms with E-state index in [0.717, 1.165) is 21.7 Å². The average molecular weight is 559 g/mol. The average Bonchev–Trinajstić information content (AvgIpc) is 3.42. The van der Waals surface area contributed by atoms with Gasteiger partial charge in [0.05, 0.1) is 34.3 Å². The van der Waals surface area contributed by atoms with Gasteiger partial charge in [0.1, 0.15) is 6.04 Å². The van der Waals surface area contributed by atoms with Gasteiger partial charge in [-0.25, -0.2) is 9.78 Å². The number of rotatable bonds is 5. The Labute approximate surface area is 222 Å². The number of carbonyl (C=O) groups is 3. The number of carbonyl (C=O) groups excluding carboxylic acids is 2. The molecule has 210 valence electrons. The summed E-state index contributed by atoms with van der Waals surface area (Å²) >= 11 is 1.60. The molecule has 0 bridgehead atoms. The van der Waals surface area contributed by atoms with Gasteiger partial charge in [-0.05, 0) is 30.4 Å². The van der Waals surface area contributed by atoms with Gasteiger partial charge in [0.25, 0.3) is 0 Å². The maximum Gasteiger partial charge on any atom is 0.490 e. The van der Waals surface area contributed by atoms with Crippen molar-refractivity contribution < 1.29 is 37.8 Å². The normalized spacial score (nSPS) is 19.3. The molecule has 0 spiro atoms. The number of hydrogen-bond acceptors (Lipinski definition) is 7. The summed E-state index contributed by atoms with van der Waals surface area (Å²) in [6.07, 6.45) is -5.60. The third-order valence-corrected chi connectivity index (χ3v) is 7.06. The minimum atomic E-state index is -5.08. The van der Waals surface area contributed by atoms with Crippen LogP contribution in [0.3, 0.4) is 0 Å². The zero-order valence-corrected chi connectivity index (χ0v) is 22.6. The molecule has 1 saturated heterocycles. The van der Waals surface area contributed by atoms with Crippen LogP contribution >= 0.6 is 11.3 Å². The largest absolute Gasteiger partial charge is 0.490 e. The fourth-order valence-electron chi connectivity index (χ4n) is 3.75. The highest BCUT2D eigenvalue weighted by Crippen LogP contribution is 2.29. The second-order valence-corrected chi connectivity index (χ2v) is 11.0. The summed E-state index contributed by atoms with van der Waals surface area (Å²) in [5.41, 5.74) is 10.6. The Balaban J connectivity index is 0.000000638. The first kappa shape index (κ1) is 31.2. The number of thiazole rings is 1. The van der Waals surface area contributed by atoms with Crippen molar-refractivity contribution in [3.05, 3.63) is 41.0 Å². The first-order valence-electron chi connectivity index (χ1n) is 11.8. The predicted octanol–water partition coefficient (Wildman–Crippen LogP) is 3.26. The van der Waals surface area contributed by atoms with Crippen molar-refractivity contribution >= 4 is 29.1 Å². The number of amides is 2. The van der Waals surface area contributed by atoms with Crippen molar-refractivity contribution in [1.29, 1.82) is 0 Å². The summed E-state index contributed by atoms with van der Waals surface area (Å²) in [5, 5.41) is 20.2. The molecule has 0 aliphatic carbocycles. The lowest BCUT2D eigenvalue weighted by molar-refractivity contribution is -0.192. The Bertz CT molecular complexity index is 1130. The number of aliphatic carboxylic acids is 1. The summed E-state index contributed by atoms with van der Waals surface area (Å²) in [7, 11) is 0. The lowest BCUT2D eigenvalue weighted by Gasteiger charge is -2.32. The van der Waals surface area contributed by atoms with Gasteiger partial charge in [-0.2, -0.15) is 13.2 Å². The van der Waals surface area contributed by atoms with Crippen LogP contribution in [0.4, 0.5) is 13.2 Å². The van der Waals surface area contributed by atoms with Gasteiger partial charge in [0.15, 0.2) is 0 Å². The van der Waals surface area contributed by atoms with Crippen LogP contribution < -0.4 is 11.1 Å². The minimum absolute atomic E-state index is 0.123. The van der Waals surface area contributed by atoms with E-state index in [9.17, 15) is 27.9 Å². The number of carboxylic acids is 1. The summed E-state index contributed by atoms with van der Waals surface area (Å²) < 4.78 is 31.7. The van der Waals surface area contributed by atoms with Gasteiger partial charge < -0.3 is 26.2 Å². The van der Waals surface area contributed by atoms with Crippen molar-refractivity contribution in [3.8, 4) is 10.4 Å². The van der Waals surface area contributed by atoms with Gasteiger partial charge in [0, 0.05) is 13.0 Å². The number of benzene rings is 1. The molecule has 1 aliphatic rings. The van der Waals surface area contributed by atoms with Crippen molar-refractivity contribution in [2.24, 2.45) is 11.1 Å². The Morgan fingerprint density at radius 2 is 1.74 bits per heavy atom. The molecule has 2 aromatic rings. The number of aromatic nitrogens is 1. The SMILES string of the molecule is Cc1ncsc1-c1ccc([C@H](C)NC(=O)[C@H]2C[C@H](O)CN2C(=O)[C@@H](N)C(C)(C)C)cc1.O=C(O)C(F)(F)F. The zero-order chi connectivity index (χ0) is 29.0. The van der Waals surface area contributed by atoms with E-state index in [0.29, 0.717) is 0 Å². The fourth-order valence-corrected chi connectivity index (χ4v) is 4.56. The van der Waals surface area contributed by atoms with Crippen LogP contribution in [0.2, 0.25) is 0 Å². The van der Waals surface area contributed by atoms with E-state index in [1.165, 1.54) is 4.90 Å². The monoisotopic (exact) mass is 558 g/mol. The Morgan fingerprint density at radius 1 is 1.18 bits per heavy atom. The van der Waals surface area contributed by atoms with Crippen LogP contribution in [0.25, 0.3) is 10.4 Å². The number of carboxylic acid groups (broad SMARTS) is 1. The molecule has 1 aromatic carbocycles. The molecule has 2 amide bonds. The third kappa shape index (κ3) is 7.98. The van der Waals surface area contributed by atoms with Gasteiger partial charge in [-0.15, -0.1) is 11.3 Å². The smallest absolute Gasteiger partial charge is 0.475 e. The summed E-state index contributed by atoms with van der Waals surface area (Å²) in [6.45, 7) is 9.67. The first-order valence-corrected chi connectivity index (χ1v) is 12.7. The molecule has 5 N–H and O–H groups in total. The number of aryl methyl sites for hydroxylation is 1. The number of alkyl halides is 3. The van der Waals surface area contributed by atoms with E-state index >= 15 is 0 Å². The molecule has 38 heavy (non-hydrogen) atoms. The van der Waals surface area contributed by atoms with Crippen molar-refractivity contribution in [2.75, 3.05) is 6.54 Å². The molecule has 9 nitrogen and oxygen atoms in total. The number of nitrogens with two attached hydrogens (primary N) is 1. The number of aliphatic hydroxyl groups is 1. The van der Waals surface area contributed by atoms with Gasteiger partial charge in [-0.3, -0.25) is 9.59 Å². The first-order chi connectivity index (χ1) is 17.4. The van der Waals surface area contributed by atoms with Gasteiger partial charge in [-0.1, -0.05) is 45.0 Å². The van der Waals surface area contributed by atoms with E-state index in [1.54, 1.807) is 11.3 Å². The summed E-state index contributed by atoms with van der Waals surface area (Å²) in [6, 6.07) is 6.32. The molecule has 1 aliphatic heterocycles. The maximum atomic E-state index is 13.0. The highest BCUT2D eigenvalue weighted by Gasteiger charge is 2.43. The van der Waals surface area contributed by atoms with Crippen LogP contribution in [-0.4, -0.2) is 68.8 Å². The van der Waals surface area contributed by atoms with Crippen LogP contribution in [0.1, 0.15) is 51.4 Å². The van der Waals surface area contributed by atoms with E-state index in [-0.39, 0.29) is 30.8 Å². The molecule has 2 heterocycles. The molecule has 0 radical (unpaired) electrons. The number of likely N-dealkylation sites (tertiary alicyclic amines) is 1. The van der Waals surface area contributed by atoms with Crippen molar-refractivity contribution in [1.82, 2.24) is 15.2 Å². The second-order valence-electron chi connectivity index (χ2n) is 10.2. The van der Waals surface area contributed by atoms with Crippen LogP contribution in [-0.2, 0) is 14.4 Å². The Hall–Kier alpha value is -3.03. The van der Waals surface area contributed by atoms with E-state index in [4.69, 9.17) is 15.6 Å². The van der Waals surface area contributed by atoms with Crippen molar-refractivity contribution in [2.45, 2.75) is 71.4 Å². The van der Waals surface area contributed by atoms with E-state index < -0.39 is 35.7 Å². The van der Waals surface area contributed by atoms with E-state index in [1.807, 2.05) is 64.4 Å². The number of nitrogens with one attached hydrogen (secondary N) is 1. The quantitative estimate of drug-likeness (QED) is 0.441. The van der Waals surface area contributed by atoms with Gasteiger partial charge in [0.2, 0.25) is 11.8 Å². The summed E-state index contributed by atoms with van der Waals surface area (Å²) in [4.78, 5) is 41.6. The second kappa shape index (κ2) is 12.2. The number of nitrogens with zero attached hydrogens (tertiary/aromatic N) is 2. The number of β-amino-alcohol motifs (C(OH)–C–C–N with tert-alkyl or cyclic N) is 1. The molecule has 3 rings (SSSR count). The highest BCUT2D eigenvalue weighted by atomic mass is 32.1. The minimum Gasteiger partial charge on any atom is -0.475 e. The molecule has 1 fully saturated rings. The van der Waals surface area contributed by atoms with Gasteiger partial charge >= 0.3 is 12.1 Å². The van der Waals surface area contributed by atoms with Crippen LogP contribution in [0.15, 0.2) is 29.8 Å². The molecule has 4 atom stereocenters. The summed E-state index contributed by atoms with van der Waals surface area (Å²) in [5.74, 6) is -3.34. The lowest BCUT2D eigenvalue weighted by atomic mass is 9.86. The fraction of sp³-hybridized carbons (Fsp3) is 0.520. The Morgan fingerprint density at radius 3 is 2.18 bits per heavy atom. The zero-order valence-electron chi connectivity index (χ0n) is 21.7. The lowest BCUT2D eigenvalue weighted by Crippen LogP contribution is -2.55. The molecule has 13 heteroatoms. The number of aliphatic hydroxyl groups excluding tert-OH is 1. The molecule has 0 unspecified atom stereocenters. The predicted molar refractivity (Wildman–Crippen MR) is 136 cm³/mol. The highest BCUT2D eigenvalue weighted by molar-refractivity contribution is 7.13. The van der Waals surface area contributed by atoms with Crippen molar-refractivity contribution in [3.63, 3.8) is 0 Å².